The van der Waals surface area contributed by atoms with Crippen molar-refractivity contribution in [1.29, 1.82) is 0 Å². The first-order chi connectivity index (χ1) is 15.5. The zero-order chi connectivity index (χ0) is 22.5. The van der Waals surface area contributed by atoms with Crippen LogP contribution in [0.5, 0.6) is 5.75 Å². The molecular formula is C25H18BrN3O3. The molecule has 0 atom stereocenters. The van der Waals surface area contributed by atoms with Crippen molar-refractivity contribution in [3.8, 4) is 5.75 Å². The van der Waals surface area contributed by atoms with Crippen molar-refractivity contribution >= 4 is 45.1 Å². The molecule has 1 heterocycles. The Balaban J connectivity index is 1.62. The van der Waals surface area contributed by atoms with Crippen LogP contribution in [-0.4, -0.2) is 21.8 Å². The number of aryl methyl sites for hydroxylation is 1. The lowest BCUT2D eigenvalue weighted by molar-refractivity contribution is -0.128. The monoisotopic (exact) mass is 487 g/mol. The van der Waals surface area contributed by atoms with Crippen LogP contribution in [0, 0.1) is 6.92 Å². The lowest BCUT2D eigenvalue weighted by Crippen LogP contribution is -2.20. The van der Waals surface area contributed by atoms with E-state index in [4.69, 9.17) is 4.74 Å². The van der Waals surface area contributed by atoms with Gasteiger partial charge in [-0.15, -0.1) is 0 Å². The third-order valence-corrected chi connectivity index (χ3v) is 5.11. The maximum atomic E-state index is 12.8. The van der Waals surface area contributed by atoms with E-state index in [1.807, 2.05) is 36.4 Å². The van der Waals surface area contributed by atoms with Gasteiger partial charge in [-0.25, -0.2) is 9.78 Å². The molecule has 0 aliphatic heterocycles. The minimum Gasteiger partial charge on any atom is -0.423 e. The molecule has 0 radical (unpaired) electrons. The van der Waals surface area contributed by atoms with Crippen LogP contribution >= 0.6 is 15.9 Å². The van der Waals surface area contributed by atoms with E-state index in [2.05, 4.69) is 26.0 Å². The molecule has 0 aliphatic rings. The van der Waals surface area contributed by atoms with Crippen molar-refractivity contribution in [2.24, 2.45) is 5.10 Å². The lowest BCUT2D eigenvalue weighted by Gasteiger charge is -2.08. The Labute approximate surface area is 192 Å². The second kappa shape index (κ2) is 9.53. The number of rotatable bonds is 5. The Bertz CT molecular complexity index is 1410. The molecule has 158 valence electrons. The van der Waals surface area contributed by atoms with E-state index in [1.165, 1.54) is 17.0 Å². The van der Waals surface area contributed by atoms with Gasteiger partial charge < -0.3 is 4.74 Å². The number of fused-ring (bicyclic) bond motifs is 1. The van der Waals surface area contributed by atoms with Crippen molar-refractivity contribution in [3.63, 3.8) is 0 Å². The lowest BCUT2D eigenvalue weighted by atomic mass is 10.2. The largest absolute Gasteiger partial charge is 0.423 e. The average Bonchev–Trinajstić information content (AvgIpc) is 2.80. The zero-order valence-electron chi connectivity index (χ0n) is 17.1. The molecule has 3 aromatic carbocycles. The zero-order valence-corrected chi connectivity index (χ0v) is 18.7. The molecule has 0 bridgehead atoms. The first-order valence-electron chi connectivity index (χ1n) is 9.78. The maximum Gasteiger partial charge on any atom is 0.336 e. The van der Waals surface area contributed by atoms with Gasteiger partial charge >= 0.3 is 5.97 Å². The minimum absolute atomic E-state index is 0.274. The van der Waals surface area contributed by atoms with Crippen molar-refractivity contribution < 1.29 is 9.53 Å². The fourth-order valence-electron chi connectivity index (χ4n) is 3.07. The predicted molar refractivity (Wildman–Crippen MR) is 129 cm³/mol. The highest BCUT2D eigenvalue weighted by molar-refractivity contribution is 9.10. The van der Waals surface area contributed by atoms with E-state index in [-0.39, 0.29) is 5.56 Å². The SMILES string of the molecule is Cc1nc2ccccc2c(=O)n1N=Cc1cc(Br)ccc1OC(=O)/C=C/c1ccccc1. The van der Waals surface area contributed by atoms with Crippen molar-refractivity contribution in [2.75, 3.05) is 0 Å². The number of hydrogen-bond donors (Lipinski definition) is 0. The molecule has 1 aromatic heterocycles. The molecule has 0 saturated carbocycles. The van der Waals surface area contributed by atoms with Gasteiger partial charge in [-0.1, -0.05) is 58.4 Å². The van der Waals surface area contributed by atoms with Crippen LogP contribution in [0.2, 0.25) is 0 Å². The number of hydrogen-bond acceptors (Lipinski definition) is 5. The van der Waals surface area contributed by atoms with Gasteiger partial charge in [0.05, 0.1) is 17.1 Å². The second-order valence-electron chi connectivity index (χ2n) is 6.88. The minimum atomic E-state index is -0.522. The summed E-state index contributed by atoms with van der Waals surface area (Å²) in [5.41, 5.74) is 1.76. The van der Waals surface area contributed by atoms with Crippen LogP contribution in [0.4, 0.5) is 0 Å². The molecule has 0 spiro atoms. The number of esters is 1. The Morgan fingerprint density at radius 1 is 1.06 bits per heavy atom. The van der Waals surface area contributed by atoms with Gasteiger partial charge in [-0.2, -0.15) is 9.78 Å². The van der Waals surface area contributed by atoms with Crippen LogP contribution in [0.15, 0.2) is 93.2 Å². The number of carbonyl (C=O) groups excluding carboxylic acids is 1. The highest BCUT2D eigenvalue weighted by Crippen LogP contribution is 2.22. The van der Waals surface area contributed by atoms with E-state index in [1.54, 1.807) is 49.4 Å². The number of para-hydroxylation sites is 1. The molecule has 0 aliphatic carbocycles. The van der Waals surface area contributed by atoms with Crippen molar-refractivity contribution in [1.82, 2.24) is 9.66 Å². The molecular weight excluding hydrogens is 470 g/mol. The summed E-state index contributed by atoms with van der Waals surface area (Å²) in [5, 5.41) is 4.79. The van der Waals surface area contributed by atoms with Crippen LogP contribution in [0.25, 0.3) is 17.0 Å². The van der Waals surface area contributed by atoms with Crippen LogP contribution in [0.1, 0.15) is 17.0 Å². The molecule has 0 amide bonds. The fourth-order valence-corrected chi connectivity index (χ4v) is 3.45. The summed E-state index contributed by atoms with van der Waals surface area (Å²) in [7, 11) is 0. The first kappa shape index (κ1) is 21.4. The van der Waals surface area contributed by atoms with E-state index < -0.39 is 5.97 Å². The smallest absolute Gasteiger partial charge is 0.336 e. The fraction of sp³-hybridized carbons (Fsp3) is 0.0400. The predicted octanol–water partition coefficient (Wildman–Crippen LogP) is 4.97. The quantitative estimate of drug-likeness (QED) is 0.172. The Kier molecular flexibility index (Phi) is 6.37. The molecule has 7 heteroatoms. The molecule has 4 rings (SSSR count). The summed E-state index contributed by atoms with van der Waals surface area (Å²) >= 11 is 3.41. The Morgan fingerprint density at radius 2 is 1.81 bits per heavy atom. The molecule has 0 saturated heterocycles. The molecule has 32 heavy (non-hydrogen) atoms. The van der Waals surface area contributed by atoms with Gasteiger partial charge in [0.2, 0.25) is 0 Å². The summed E-state index contributed by atoms with van der Waals surface area (Å²) in [6.45, 7) is 1.71. The van der Waals surface area contributed by atoms with Gasteiger partial charge in [0, 0.05) is 16.1 Å². The van der Waals surface area contributed by atoms with E-state index in [0.717, 1.165) is 10.0 Å². The topological polar surface area (TPSA) is 73.6 Å². The van der Waals surface area contributed by atoms with Crippen LogP contribution in [0.3, 0.4) is 0 Å². The standard InChI is InChI=1S/C25H18BrN3O3/c1-17-28-22-10-6-5-9-21(22)25(31)29(17)27-16-19-15-20(26)12-13-23(19)32-24(30)14-11-18-7-3-2-4-8-18/h2-16H,1H3/b14-11+,27-16?. The molecule has 0 unspecified atom stereocenters. The first-order valence-corrected chi connectivity index (χ1v) is 10.6. The summed E-state index contributed by atoms with van der Waals surface area (Å²) in [4.78, 5) is 29.6. The number of aromatic nitrogens is 2. The summed E-state index contributed by atoms with van der Waals surface area (Å²) in [6.07, 6.45) is 4.51. The second-order valence-corrected chi connectivity index (χ2v) is 7.80. The molecule has 0 N–H and O–H groups in total. The Morgan fingerprint density at radius 3 is 2.62 bits per heavy atom. The van der Waals surface area contributed by atoms with Crippen molar-refractivity contribution in [3.05, 3.63) is 111 Å². The van der Waals surface area contributed by atoms with E-state index >= 15 is 0 Å². The summed E-state index contributed by atoms with van der Waals surface area (Å²) in [6, 6.07) is 21.7. The number of ether oxygens (including phenoxy) is 1. The van der Waals surface area contributed by atoms with Gasteiger partial charge in [-0.05, 0) is 48.9 Å². The van der Waals surface area contributed by atoms with E-state index in [0.29, 0.717) is 28.0 Å². The van der Waals surface area contributed by atoms with Gasteiger partial charge in [0.15, 0.2) is 0 Å². The number of benzene rings is 3. The maximum absolute atomic E-state index is 12.8. The normalized spacial score (nSPS) is 11.4. The Hall–Kier alpha value is -3.84. The molecule has 0 fully saturated rings. The van der Waals surface area contributed by atoms with Gasteiger partial charge in [-0.3, -0.25) is 4.79 Å². The van der Waals surface area contributed by atoms with Crippen LogP contribution in [-0.2, 0) is 4.79 Å². The third-order valence-electron chi connectivity index (χ3n) is 4.62. The number of carbonyl (C=O) groups is 1. The van der Waals surface area contributed by atoms with Crippen LogP contribution < -0.4 is 10.3 Å². The number of nitrogens with zero attached hydrogens (tertiary/aromatic N) is 3. The average molecular weight is 488 g/mol. The summed E-state index contributed by atoms with van der Waals surface area (Å²) < 4.78 is 7.50. The summed E-state index contributed by atoms with van der Waals surface area (Å²) in [5.74, 6) is 0.245. The highest BCUT2D eigenvalue weighted by atomic mass is 79.9. The van der Waals surface area contributed by atoms with Gasteiger partial charge in [0.25, 0.3) is 5.56 Å². The molecule has 6 nitrogen and oxygen atoms in total. The molecule has 4 aromatic rings. The van der Waals surface area contributed by atoms with Gasteiger partial charge in [0.1, 0.15) is 11.6 Å². The highest BCUT2D eigenvalue weighted by Gasteiger charge is 2.09. The van der Waals surface area contributed by atoms with Crippen molar-refractivity contribution in [2.45, 2.75) is 6.92 Å². The third kappa shape index (κ3) is 4.90. The number of halogens is 1. The van der Waals surface area contributed by atoms with E-state index in [9.17, 15) is 9.59 Å².